The van der Waals surface area contributed by atoms with Crippen LogP contribution in [0.2, 0.25) is 0 Å². The predicted octanol–water partition coefficient (Wildman–Crippen LogP) is 3.92. The van der Waals surface area contributed by atoms with Crippen molar-refractivity contribution in [2.75, 3.05) is 11.9 Å². The average Bonchev–Trinajstić information content (AvgIpc) is 2.44. The lowest BCUT2D eigenvalue weighted by molar-refractivity contribution is -0.121. The van der Waals surface area contributed by atoms with Gasteiger partial charge in [0.25, 0.3) is 0 Å². The van der Waals surface area contributed by atoms with Crippen molar-refractivity contribution in [3.8, 4) is 0 Å². The summed E-state index contributed by atoms with van der Waals surface area (Å²) in [5, 5.41) is 6.20. The number of hydrogen-bond acceptors (Lipinski definition) is 2. The summed E-state index contributed by atoms with van der Waals surface area (Å²) in [6.45, 7) is 9.17. The maximum atomic E-state index is 11.9. The number of rotatable bonds is 8. The highest BCUT2D eigenvalue weighted by Crippen LogP contribution is 2.17. The van der Waals surface area contributed by atoms with Gasteiger partial charge in [-0.25, -0.2) is 0 Å². The first-order valence-corrected chi connectivity index (χ1v) is 7.68. The molecule has 1 atom stereocenters. The molecule has 3 heteroatoms. The number of amides is 1. The minimum absolute atomic E-state index is 0.0639. The van der Waals surface area contributed by atoms with Crippen LogP contribution in [-0.2, 0) is 4.79 Å². The minimum atomic E-state index is -0.207. The summed E-state index contributed by atoms with van der Waals surface area (Å²) >= 11 is 0. The van der Waals surface area contributed by atoms with Gasteiger partial charge in [-0.15, -0.1) is 0 Å². The van der Waals surface area contributed by atoms with Gasteiger partial charge in [-0.3, -0.25) is 4.79 Å². The number of carbonyl (C=O) groups is 1. The summed E-state index contributed by atoms with van der Waals surface area (Å²) in [6, 6.07) is 8.09. The van der Waals surface area contributed by atoms with E-state index in [0.29, 0.717) is 5.92 Å². The number of unbranched alkanes of at least 4 members (excludes halogenated alkanes) is 2. The van der Waals surface area contributed by atoms with Crippen LogP contribution in [0.5, 0.6) is 0 Å². The second-order valence-electron chi connectivity index (χ2n) is 5.64. The van der Waals surface area contributed by atoms with Gasteiger partial charge in [-0.1, -0.05) is 45.7 Å². The zero-order chi connectivity index (χ0) is 15.0. The van der Waals surface area contributed by atoms with E-state index >= 15 is 0 Å². The van der Waals surface area contributed by atoms with Crippen LogP contribution in [0.1, 0.15) is 58.4 Å². The number of hydrogen-bond donors (Lipinski definition) is 2. The molecule has 0 aliphatic carbocycles. The number of anilines is 1. The largest absolute Gasteiger partial charge is 0.374 e. The molecule has 0 heterocycles. The third-order valence-electron chi connectivity index (χ3n) is 3.43. The number of carbonyl (C=O) groups excluding carboxylic acids is 1. The lowest BCUT2D eigenvalue weighted by Crippen LogP contribution is -2.38. The topological polar surface area (TPSA) is 41.1 Å². The second-order valence-corrected chi connectivity index (χ2v) is 5.64. The summed E-state index contributed by atoms with van der Waals surface area (Å²) in [4.78, 5) is 11.9. The summed E-state index contributed by atoms with van der Waals surface area (Å²) in [7, 11) is 0. The normalized spacial score (nSPS) is 12.2. The highest BCUT2D eigenvalue weighted by molar-refractivity contribution is 5.84. The van der Waals surface area contributed by atoms with Crippen LogP contribution in [0.4, 0.5) is 5.69 Å². The van der Waals surface area contributed by atoms with Crippen LogP contribution in [0.3, 0.4) is 0 Å². The third kappa shape index (κ3) is 5.64. The van der Waals surface area contributed by atoms with E-state index in [1.54, 1.807) is 0 Å². The molecule has 0 aromatic heterocycles. The van der Waals surface area contributed by atoms with Crippen molar-refractivity contribution in [1.29, 1.82) is 0 Å². The molecule has 3 nitrogen and oxygen atoms in total. The van der Waals surface area contributed by atoms with Crippen LogP contribution in [0.15, 0.2) is 24.3 Å². The molecule has 1 aromatic rings. The van der Waals surface area contributed by atoms with Crippen molar-refractivity contribution in [3.63, 3.8) is 0 Å². The lowest BCUT2D eigenvalue weighted by atomic mass is 10.0. The van der Waals surface area contributed by atoms with Gasteiger partial charge < -0.3 is 10.6 Å². The monoisotopic (exact) mass is 276 g/mol. The average molecular weight is 276 g/mol. The summed E-state index contributed by atoms with van der Waals surface area (Å²) in [5.74, 6) is 0.595. The maximum Gasteiger partial charge on any atom is 0.242 e. The van der Waals surface area contributed by atoms with Crippen molar-refractivity contribution in [2.24, 2.45) is 0 Å². The molecule has 0 aliphatic heterocycles. The second kappa shape index (κ2) is 8.62. The molecule has 20 heavy (non-hydrogen) atoms. The highest BCUT2D eigenvalue weighted by atomic mass is 16.2. The Hall–Kier alpha value is -1.51. The van der Waals surface area contributed by atoms with E-state index in [1.807, 2.05) is 19.1 Å². The molecule has 0 saturated heterocycles. The Bertz CT molecular complexity index is 398. The first-order chi connectivity index (χ1) is 9.54. The Labute approximate surface area is 123 Å². The molecule has 0 aliphatic rings. The fourth-order valence-corrected chi connectivity index (χ4v) is 2.02. The van der Waals surface area contributed by atoms with Gasteiger partial charge in [-0.05, 0) is 37.0 Å². The van der Waals surface area contributed by atoms with Crippen molar-refractivity contribution in [3.05, 3.63) is 29.8 Å². The Kier molecular flexibility index (Phi) is 7.13. The van der Waals surface area contributed by atoms with E-state index in [4.69, 9.17) is 0 Å². The molecule has 1 rings (SSSR count). The number of benzene rings is 1. The fraction of sp³-hybridized carbons (Fsp3) is 0.588. The Morgan fingerprint density at radius 2 is 1.75 bits per heavy atom. The molecular formula is C17H28N2O. The molecule has 1 aromatic carbocycles. The standard InChI is InChI=1S/C17H28N2O/c1-5-6-7-12-18-17(20)14(4)19-16-10-8-15(9-11-16)13(2)3/h8-11,13-14,19H,5-7,12H2,1-4H3,(H,18,20). The van der Waals surface area contributed by atoms with Crippen LogP contribution in [0, 0.1) is 0 Å². The van der Waals surface area contributed by atoms with Gasteiger partial charge >= 0.3 is 0 Å². The predicted molar refractivity (Wildman–Crippen MR) is 86.2 cm³/mol. The van der Waals surface area contributed by atoms with Gasteiger partial charge in [-0.2, -0.15) is 0 Å². The summed E-state index contributed by atoms with van der Waals surface area (Å²) < 4.78 is 0. The van der Waals surface area contributed by atoms with Gasteiger partial charge in [0.1, 0.15) is 6.04 Å². The minimum Gasteiger partial charge on any atom is -0.374 e. The molecule has 1 amide bonds. The summed E-state index contributed by atoms with van der Waals surface area (Å²) in [5.41, 5.74) is 2.30. The van der Waals surface area contributed by atoms with Gasteiger partial charge in [0.05, 0.1) is 0 Å². The van der Waals surface area contributed by atoms with E-state index in [9.17, 15) is 4.79 Å². The smallest absolute Gasteiger partial charge is 0.242 e. The van der Waals surface area contributed by atoms with Crippen LogP contribution < -0.4 is 10.6 Å². The molecule has 0 radical (unpaired) electrons. The Morgan fingerprint density at radius 3 is 2.30 bits per heavy atom. The van der Waals surface area contributed by atoms with Gasteiger partial charge in [0.2, 0.25) is 5.91 Å². The molecule has 2 N–H and O–H groups in total. The molecule has 1 unspecified atom stereocenters. The fourth-order valence-electron chi connectivity index (χ4n) is 2.02. The number of nitrogens with one attached hydrogen (secondary N) is 2. The Morgan fingerprint density at radius 1 is 1.10 bits per heavy atom. The van der Waals surface area contributed by atoms with Crippen molar-refractivity contribution < 1.29 is 4.79 Å². The van der Waals surface area contributed by atoms with Crippen LogP contribution in [-0.4, -0.2) is 18.5 Å². The third-order valence-corrected chi connectivity index (χ3v) is 3.43. The molecule has 0 saturated carbocycles. The quantitative estimate of drug-likeness (QED) is 0.707. The molecule has 0 bridgehead atoms. The van der Waals surface area contributed by atoms with Gasteiger partial charge in [0, 0.05) is 12.2 Å². The lowest BCUT2D eigenvalue weighted by Gasteiger charge is -2.16. The summed E-state index contributed by atoms with van der Waals surface area (Å²) in [6.07, 6.45) is 3.39. The maximum absolute atomic E-state index is 11.9. The molecule has 112 valence electrons. The van der Waals surface area contributed by atoms with Crippen LogP contribution in [0.25, 0.3) is 0 Å². The van der Waals surface area contributed by atoms with Crippen LogP contribution >= 0.6 is 0 Å². The van der Waals surface area contributed by atoms with Crippen molar-refractivity contribution in [2.45, 2.75) is 58.9 Å². The molecule has 0 fully saturated rings. The van der Waals surface area contributed by atoms with E-state index in [1.165, 1.54) is 18.4 Å². The first-order valence-electron chi connectivity index (χ1n) is 7.68. The zero-order valence-corrected chi connectivity index (χ0v) is 13.2. The van der Waals surface area contributed by atoms with Crippen molar-refractivity contribution >= 4 is 11.6 Å². The van der Waals surface area contributed by atoms with E-state index in [-0.39, 0.29) is 11.9 Å². The highest BCUT2D eigenvalue weighted by Gasteiger charge is 2.11. The van der Waals surface area contributed by atoms with E-state index in [2.05, 4.69) is 43.5 Å². The molecule has 0 spiro atoms. The van der Waals surface area contributed by atoms with E-state index < -0.39 is 0 Å². The SMILES string of the molecule is CCCCCNC(=O)C(C)Nc1ccc(C(C)C)cc1. The first kappa shape index (κ1) is 16.5. The van der Waals surface area contributed by atoms with Gasteiger partial charge in [0.15, 0.2) is 0 Å². The van der Waals surface area contributed by atoms with Crippen molar-refractivity contribution in [1.82, 2.24) is 5.32 Å². The van der Waals surface area contributed by atoms with E-state index in [0.717, 1.165) is 18.7 Å². The Balaban J connectivity index is 2.40. The zero-order valence-electron chi connectivity index (χ0n) is 13.2. The molecular weight excluding hydrogens is 248 g/mol.